The van der Waals surface area contributed by atoms with Crippen LogP contribution in [0.5, 0.6) is 5.75 Å². The van der Waals surface area contributed by atoms with E-state index in [1.54, 1.807) is 29.6 Å². The molecule has 0 atom stereocenters. The van der Waals surface area contributed by atoms with Crippen LogP contribution < -0.4 is 4.74 Å². The average Bonchev–Trinajstić information content (AvgIpc) is 3.44. The molecule has 2 aromatic heterocycles. The number of rotatable bonds is 9. The Hall–Kier alpha value is -3.04. The standard InChI is InChI=1S/C23H23N3O4S2/c1-3-16-5-7-18(8-6-16)23-24-19(13-31-23)14-32(27,28)15-21-25-22(26-30-21)17-9-11-20(12-10-17)29-4-2/h5-13H,3-4,14-15H2,1-2H3. The van der Waals surface area contributed by atoms with Gasteiger partial charge in [-0.1, -0.05) is 36.3 Å². The summed E-state index contributed by atoms with van der Waals surface area (Å²) in [7, 11) is -3.52. The SMILES string of the molecule is CCOc1ccc(-c2noc(CS(=O)(=O)Cc3csc(-c4ccc(CC)cc4)n3)n2)cc1. The molecule has 0 saturated heterocycles. The van der Waals surface area contributed by atoms with E-state index in [0.29, 0.717) is 18.1 Å². The third-order valence-electron chi connectivity index (χ3n) is 4.76. The average molecular weight is 470 g/mol. The van der Waals surface area contributed by atoms with Gasteiger partial charge in [0.1, 0.15) is 16.5 Å². The number of thiazole rings is 1. The number of sulfone groups is 1. The number of ether oxygens (including phenoxy) is 1. The van der Waals surface area contributed by atoms with E-state index in [1.165, 1.54) is 16.9 Å². The molecule has 2 heterocycles. The fourth-order valence-electron chi connectivity index (χ4n) is 3.15. The van der Waals surface area contributed by atoms with Gasteiger partial charge in [-0.25, -0.2) is 13.4 Å². The van der Waals surface area contributed by atoms with Crippen LogP contribution in [0.2, 0.25) is 0 Å². The van der Waals surface area contributed by atoms with Gasteiger partial charge in [0.25, 0.3) is 0 Å². The maximum Gasteiger partial charge on any atom is 0.242 e. The minimum Gasteiger partial charge on any atom is -0.494 e. The summed E-state index contributed by atoms with van der Waals surface area (Å²) in [5.41, 5.74) is 3.46. The van der Waals surface area contributed by atoms with E-state index in [9.17, 15) is 8.42 Å². The molecule has 166 valence electrons. The predicted molar refractivity (Wildman–Crippen MR) is 124 cm³/mol. The Morgan fingerprint density at radius 1 is 0.938 bits per heavy atom. The highest BCUT2D eigenvalue weighted by molar-refractivity contribution is 7.89. The molecule has 0 aliphatic heterocycles. The number of hydrogen-bond donors (Lipinski definition) is 0. The Morgan fingerprint density at radius 3 is 2.34 bits per heavy atom. The van der Waals surface area contributed by atoms with Crippen molar-refractivity contribution in [3.63, 3.8) is 0 Å². The lowest BCUT2D eigenvalue weighted by molar-refractivity contribution is 0.340. The smallest absolute Gasteiger partial charge is 0.242 e. The molecule has 0 unspecified atom stereocenters. The lowest BCUT2D eigenvalue weighted by Gasteiger charge is -2.02. The van der Waals surface area contributed by atoms with Crippen molar-refractivity contribution in [2.24, 2.45) is 0 Å². The van der Waals surface area contributed by atoms with Crippen LogP contribution in [0.4, 0.5) is 0 Å². The Labute approximate surface area is 191 Å². The minimum atomic E-state index is -3.52. The van der Waals surface area contributed by atoms with Crippen LogP contribution in [-0.4, -0.2) is 30.1 Å². The minimum absolute atomic E-state index is 0.0551. The van der Waals surface area contributed by atoms with Crippen molar-refractivity contribution >= 4 is 21.2 Å². The second-order valence-corrected chi connectivity index (χ2v) is 10.1. The van der Waals surface area contributed by atoms with Gasteiger partial charge in [-0.3, -0.25) is 0 Å². The predicted octanol–water partition coefficient (Wildman–Crippen LogP) is 4.94. The lowest BCUT2D eigenvalue weighted by atomic mass is 10.1. The first-order valence-corrected chi connectivity index (χ1v) is 13.0. The number of nitrogens with zero attached hydrogens (tertiary/aromatic N) is 3. The molecule has 0 amide bonds. The molecule has 0 bridgehead atoms. The first kappa shape index (κ1) is 22.2. The summed E-state index contributed by atoms with van der Waals surface area (Å²) in [6.45, 7) is 4.59. The zero-order chi connectivity index (χ0) is 22.6. The van der Waals surface area contributed by atoms with E-state index in [2.05, 4.69) is 34.2 Å². The molecule has 0 aliphatic carbocycles. The molecule has 32 heavy (non-hydrogen) atoms. The molecule has 0 aliphatic rings. The molecule has 0 saturated carbocycles. The van der Waals surface area contributed by atoms with E-state index in [4.69, 9.17) is 9.26 Å². The summed E-state index contributed by atoms with van der Waals surface area (Å²) in [5, 5.41) is 6.48. The van der Waals surface area contributed by atoms with Crippen molar-refractivity contribution in [2.75, 3.05) is 6.61 Å². The van der Waals surface area contributed by atoms with Gasteiger partial charge in [0.05, 0.1) is 18.1 Å². The van der Waals surface area contributed by atoms with E-state index < -0.39 is 9.84 Å². The van der Waals surface area contributed by atoms with E-state index in [0.717, 1.165) is 28.3 Å². The van der Waals surface area contributed by atoms with E-state index in [-0.39, 0.29) is 17.4 Å². The van der Waals surface area contributed by atoms with Gasteiger partial charge in [-0.2, -0.15) is 4.98 Å². The molecule has 9 heteroatoms. The van der Waals surface area contributed by atoms with Gasteiger partial charge in [0, 0.05) is 16.5 Å². The van der Waals surface area contributed by atoms with Crippen LogP contribution in [-0.2, 0) is 27.8 Å². The highest BCUT2D eigenvalue weighted by atomic mass is 32.2. The first-order chi connectivity index (χ1) is 15.5. The fraction of sp³-hybridized carbons (Fsp3) is 0.261. The third kappa shape index (κ3) is 5.41. The van der Waals surface area contributed by atoms with Crippen LogP contribution in [0.1, 0.15) is 31.0 Å². The van der Waals surface area contributed by atoms with Crippen LogP contribution in [0.3, 0.4) is 0 Å². The van der Waals surface area contributed by atoms with Crippen molar-refractivity contribution in [1.29, 1.82) is 0 Å². The number of aromatic nitrogens is 3. The first-order valence-electron chi connectivity index (χ1n) is 10.3. The zero-order valence-corrected chi connectivity index (χ0v) is 19.4. The third-order valence-corrected chi connectivity index (χ3v) is 7.13. The van der Waals surface area contributed by atoms with Crippen molar-refractivity contribution in [3.05, 3.63) is 71.1 Å². The summed E-state index contributed by atoms with van der Waals surface area (Å²) < 4.78 is 36.0. The number of benzene rings is 2. The van der Waals surface area contributed by atoms with Gasteiger partial charge in [-0.05, 0) is 43.2 Å². The van der Waals surface area contributed by atoms with Gasteiger partial charge in [0.15, 0.2) is 9.84 Å². The second kappa shape index (κ2) is 9.62. The number of aryl methyl sites for hydroxylation is 1. The van der Waals surface area contributed by atoms with Crippen LogP contribution in [0, 0.1) is 0 Å². The normalized spacial score (nSPS) is 11.6. The molecule has 4 aromatic rings. The van der Waals surface area contributed by atoms with Crippen molar-refractivity contribution < 1.29 is 17.7 Å². The van der Waals surface area contributed by atoms with Crippen molar-refractivity contribution in [2.45, 2.75) is 31.8 Å². The monoisotopic (exact) mass is 469 g/mol. The van der Waals surface area contributed by atoms with Gasteiger partial charge in [-0.15, -0.1) is 11.3 Å². The van der Waals surface area contributed by atoms with Crippen molar-refractivity contribution in [3.8, 4) is 27.7 Å². The highest BCUT2D eigenvalue weighted by Gasteiger charge is 2.20. The summed E-state index contributed by atoms with van der Waals surface area (Å²) >= 11 is 1.43. The van der Waals surface area contributed by atoms with Crippen molar-refractivity contribution in [1.82, 2.24) is 15.1 Å². The summed E-state index contributed by atoms with van der Waals surface area (Å²) in [6.07, 6.45) is 0.970. The Balaban J connectivity index is 1.42. The molecular weight excluding hydrogens is 446 g/mol. The molecule has 0 spiro atoms. The van der Waals surface area contributed by atoms with Gasteiger partial charge >= 0.3 is 0 Å². The van der Waals surface area contributed by atoms with Gasteiger partial charge in [0.2, 0.25) is 11.7 Å². The van der Waals surface area contributed by atoms with Crippen LogP contribution >= 0.6 is 11.3 Å². The molecule has 7 nitrogen and oxygen atoms in total. The highest BCUT2D eigenvalue weighted by Crippen LogP contribution is 2.26. The Morgan fingerprint density at radius 2 is 1.66 bits per heavy atom. The van der Waals surface area contributed by atoms with E-state index in [1.807, 2.05) is 19.1 Å². The topological polar surface area (TPSA) is 95.2 Å². The summed E-state index contributed by atoms with van der Waals surface area (Å²) in [5.74, 6) is 0.613. The van der Waals surface area contributed by atoms with Gasteiger partial charge < -0.3 is 9.26 Å². The maximum absolute atomic E-state index is 12.7. The molecule has 0 radical (unpaired) electrons. The molecule has 4 rings (SSSR count). The second-order valence-electron chi connectivity index (χ2n) is 7.20. The Bertz CT molecular complexity index is 1280. The maximum atomic E-state index is 12.7. The fourth-order valence-corrected chi connectivity index (χ4v) is 5.28. The van der Waals surface area contributed by atoms with Crippen LogP contribution in [0.25, 0.3) is 22.0 Å². The Kier molecular flexibility index (Phi) is 6.66. The number of hydrogen-bond acceptors (Lipinski definition) is 8. The molecule has 0 N–H and O–H groups in total. The molecule has 2 aromatic carbocycles. The lowest BCUT2D eigenvalue weighted by Crippen LogP contribution is -2.08. The van der Waals surface area contributed by atoms with E-state index >= 15 is 0 Å². The molecular formula is C23H23N3O4S2. The van der Waals surface area contributed by atoms with Crippen LogP contribution in [0.15, 0.2) is 58.4 Å². The molecule has 0 fully saturated rings. The summed E-state index contributed by atoms with van der Waals surface area (Å²) in [4.78, 5) is 8.74. The largest absolute Gasteiger partial charge is 0.494 e. The summed E-state index contributed by atoms with van der Waals surface area (Å²) in [6, 6.07) is 15.4. The zero-order valence-electron chi connectivity index (χ0n) is 17.8. The quantitative estimate of drug-likeness (QED) is 0.343.